The number of rotatable bonds is 6. The second-order valence-corrected chi connectivity index (χ2v) is 9.68. The molecule has 0 saturated carbocycles. The summed E-state index contributed by atoms with van der Waals surface area (Å²) < 4.78 is 11.0. The zero-order valence-electron chi connectivity index (χ0n) is 19.1. The summed E-state index contributed by atoms with van der Waals surface area (Å²) in [5, 5.41) is 5.54. The Kier molecular flexibility index (Phi) is 6.47. The molecule has 1 amide bonds. The summed E-state index contributed by atoms with van der Waals surface area (Å²) in [5.74, 6) is 0.137. The summed E-state index contributed by atoms with van der Waals surface area (Å²) in [5.41, 5.74) is 2.16. The molecule has 2 aliphatic heterocycles. The Morgan fingerprint density at radius 1 is 1.18 bits per heavy atom. The highest BCUT2D eigenvalue weighted by Gasteiger charge is 2.41. The minimum absolute atomic E-state index is 0.142. The van der Waals surface area contributed by atoms with E-state index in [-0.39, 0.29) is 12.3 Å². The minimum atomic E-state index is -0.639. The number of aliphatic imine (C=N–C) groups is 1. The fraction of sp³-hybridized carbons (Fsp3) is 0.320. The lowest BCUT2D eigenvalue weighted by Crippen LogP contribution is -2.39. The number of esters is 1. The Morgan fingerprint density at radius 3 is 2.61 bits per heavy atom. The highest BCUT2D eigenvalue weighted by molar-refractivity contribution is 8.16. The second kappa shape index (κ2) is 9.31. The molecule has 33 heavy (non-hydrogen) atoms. The number of ether oxygens (including phenoxy) is 1. The van der Waals surface area contributed by atoms with Crippen LogP contribution in [-0.4, -0.2) is 27.5 Å². The normalized spacial score (nSPS) is 17.9. The smallest absolute Gasteiger partial charge is 0.338 e. The van der Waals surface area contributed by atoms with Crippen molar-refractivity contribution in [1.82, 2.24) is 10.2 Å². The van der Waals surface area contributed by atoms with Gasteiger partial charge in [0.25, 0.3) is 0 Å². The van der Waals surface area contributed by atoms with Crippen molar-refractivity contribution in [2.75, 3.05) is 0 Å². The number of carbonyl (C=O) groups is 2. The fourth-order valence-electron chi connectivity index (χ4n) is 3.74. The first-order valence-corrected chi connectivity index (χ1v) is 11.6. The summed E-state index contributed by atoms with van der Waals surface area (Å²) in [7, 11) is 0. The van der Waals surface area contributed by atoms with Crippen molar-refractivity contribution in [2.45, 2.75) is 52.3 Å². The number of amidine groups is 1. The topological polar surface area (TPSA) is 84.1 Å². The van der Waals surface area contributed by atoms with E-state index in [1.165, 1.54) is 11.8 Å². The van der Waals surface area contributed by atoms with Crippen molar-refractivity contribution < 1.29 is 18.7 Å². The van der Waals surface area contributed by atoms with Crippen LogP contribution in [0.5, 0.6) is 0 Å². The quantitative estimate of drug-likeness (QED) is 0.611. The van der Waals surface area contributed by atoms with Crippen LogP contribution in [0.25, 0.3) is 0 Å². The molecule has 7 nitrogen and oxygen atoms in total. The van der Waals surface area contributed by atoms with Crippen LogP contribution in [0.3, 0.4) is 0 Å². The molecular formula is C25H27N3O4S. The first-order valence-electron chi connectivity index (χ1n) is 10.7. The molecule has 0 unspecified atom stereocenters. The van der Waals surface area contributed by atoms with Gasteiger partial charge >= 0.3 is 5.97 Å². The highest BCUT2D eigenvalue weighted by Crippen LogP contribution is 2.45. The molecule has 1 N–H and O–H groups in total. The van der Waals surface area contributed by atoms with Gasteiger partial charge in [0.15, 0.2) is 5.17 Å². The molecule has 0 spiro atoms. The van der Waals surface area contributed by atoms with Gasteiger partial charge in [-0.15, -0.1) is 0 Å². The van der Waals surface area contributed by atoms with Gasteiger partial charge in [0.1, 0.15) is 11.4 Å². The van der Waals surface area contributed by atoms with E-state index in [0.717, 1.165) is 16.4 Å². The van der Waals surface area contributed by atoms with Gasteiger partial charge in [-0.05, 0) is 50.8 Å². The van der Waals surface area contributed by atoms with Crippen LogP contribution in [0.2, 0.25) is 0 Å². The molecule has 0 bridgehead atoms. The van der Waals surface area contributed by atoms with Gasteiger partial charge in [-0.2, -0.15) is 0 Å². The zero-order valence-corrected chi connectivity index (χ0v) is 19.9. The largest absolute Gasteiger partial charge is 0.467 e. The van der Waals surface area contributed by atoms with Gasteiger partial charge in [-0.25, -0.2) is 9.79 Å². The molecular weight excluding hydrogens is 438 g/mol. The van der Waals surface area contributed by atoms with E-state index in [0.29, 0.717) is 23.6 Å². The summed E-state index contributed by atoms with van der Waals surface area (Å²) in [6.45, 7) is 7.67. The number of furan rings is 1. The maximum Gasteiger partial charge on any atom is 0.338 e. The van der Waals surface area contributed by atoms with Gasteiger partial charge < -0.3 is 19.4 Å². The van der Waals surface area contributed by atoms with Crippen molar-refractivity contribution in [2.24, 2.45) is 4.99 Å². The van der Waals surface area contributed by atoms with Crippen LogP contribution < -0.4 is 5.32 Å². The van der Waals surface area contributed by atoms with Crippen molar-refractivity contribution >= 4 is 28.8 Å². The maximum atomic E-state index is 13.3. The Hall–Kier alpha value is -3.26. The van der Waals surface area contributed by atoms with E-state index in [4.69, 9.17) is 9.15 Å². The molecule has 1 aromatic heterocycles. The summed E-state index contributed by atoms with van der Waals surface area (Å²) >= 11 is 1.45. The molecule has 2 aromatic rings. The molecule has 0 fully saturated rings. The van der Waals surface area contributed by atoms with E-state index in [1.807, 2.05) is 74.4 Å². The Labute approximate surface area is 197 Å². The first-order chi connectivity index (χ1) is 15.7. The third-order valence-corrected chi connectivity index (χ3v) is 6.01. The lowest BCUT2D eigenvalue weighted by atomic mass is 9.93. The molecule has 8 heteroatoms. The van der Waals surface area contributed by atoms with Crippen LogP contribution in [-0.2, 0) is 20.9 Å². The highest BCUT2D eigenvalue weighted by atomic mass is 32.2. The number of carbonyl (C=O) groups excluding carboxylic acids is 2. The maximum absolute atomic E-state index is 13.3. The van der Waals surface area contributed by atoms with Gasteiger partial charge in [0.2, 0.25) is 5.91 Å². The van der Waals surface area contributed by atoms with Crippen molar-refractivity contribution in [3.8, 4) is 0 Å². The lowest BCUT2D eigenvalue weighted by molar-refractivity contribution is -0.150. The number of amides is 1. The summed E-state index contributed by atoms with van der Waals surface area (Å²) in [4.78, 5) is 32.6. The van der Waals surface area contributed by atoms with Crippen LogP contribution in [0.1, 0.15) is 51.5 Å². The molecule has 0 radical (unpaired) electrons. The third-order valence-electron chi connectivity index (χ3n) is 5.12. The number of nitrogens with one attached hydrogen (secondary N) is 1. The van der Waals surface area contributed by atoms with E-state index in [9.17, 15) is 9.59 Å². The second-order valence-electron chi connectivity index (χ2n) is 8.84. The molecule has 1 aromatic carbocycles. The van der Waals surface area contributed by atoms with Crippen LogP contribution in [0, 0.1) is 0 Å². The van der Waals surface area contributed by atoms with E-state index in [1.54, 1.807) is 12.3 Å². The number of hydrogen-bond donors (Lipinski definition) is 1. The van der Waals surface area contributed by atoms with E-state index in [2.05, 4.69) is 10.3 Å². The van der Waals surface area contributed by atoms with Crippen LogP contribution in [0.4, 0.5) is 0 Å². The Balaban J connectivity index is 1.62. The third kappa shape index (κ3) is 5.22. The molecule has 1 atom stereocenters. The number of allylic oxidation sites excluding steroid dienone is 1. The number of fused-ring (bicyclic) bond motifs is 1. The van der Waals surface area contributed by atoms with Crippen LogP contribution >= 0.6 is 11.8 Å². The van der Waals surface area contributed by atoms with Crippen molar-refractivity contribution in [1.29, 1.82) is 0 Å². The molecule has 172 valence electrons. The molecule has 0 saturated heterocycles. The van der Waals surface area contributed by atoms with E-state index >= 15 is 0 Å². The fourth-order valence-corrected chi connectivity index (χ4v) is 4.70. The molecule has 4 rings (SSSR count). The van der Waals surface area contributed by atoms with E-state index < -0.39 is 17.6 Å². The predicted molar refractivity (Wildman–Crippen MR) is 128 cm³/mol. The predicted octanol–water partition coefficient (Wildman–Crippen LogP) is 4.90. The van der Waals surface area contributed by atoms with Crippen LogP contribution in [0.15, 0.2) is 80.5 Å². The standard InChI is InChI=1S/C25H27N3O4S/c1-16-21(23(30)32-25(2,3)4)22(17-9-6-5-7-10-17)28-18(15-33-24(28)27-16)13-20(29)26-14-19-11-8-12-31-19/h5-12,15,22H,13-14H2,1-4H3,(H,26,29)/t22-/m1/s1. The Bertz CT molecular complexity index is 1130. The summed E-state index contributed by atoms with van der Waals surface area (Å²) in [6, 6.07) is 12.9. The lowest BCUT2D eigenvalue weighted by Gasteiger charge is -2.37. The Morgan fingerprint density at radius 2 is 1.94 bits per heavy atom. The molecule has 2 aliphatic rings. The number of hydrogen-bond acceptors (Lipinski definition) is 7. The van der Waals surface area contributed by atoms with Gasteiger partial charge in [0.05, 0.1) is 36.5 Å². The summed E-state index contributed by atoms with van der Waals surface area (Å²) in [6.07, 6.45) is 1.72. The van der Waals surface area contributed by atoms with Crippen molar-refractivity contribution in [3.63, 3.8) is 0 Å². The molecule has 0 aliphatic carbocycles. The number of benzene rings is 1. The average molecular weight is 466 g/mol. The van der Waals surface area contributed by atoms with Gasteiger partial charge in [0, 0.05) is 5.70 Å². The average Bonchev–Trinajstić information content (AvgIpc) is 3.41. The number of thioether (sulfide) groups is 1. The van der Waals surface area contributed by atoms with Crippen molar-refractivity contribution in [3.05, 3.63) is 82.4 Å². The molecule has 3 heterocycles. The monoisotopic (exact) mass is 465 g/mol. The van der Waals surface area contributed by atoms with Gasteiger partial charge in [-0.1, -0.05) is 42.1 Å². The minimum Gasteiger partial charge on any atom is -0.467 e. The van der Waals surface area contributed by atoms with Gasteiger partial charge in [-0.3, -0.25) is 4.79 Å². The first kappa shape index (κ1) is 22.9. The SMILES string of the molecule is CC1=C(C(=O)OC(C)(C)C)[C@@H](c2ccccc2)N2C(CC(=O)NCc3ccco3)=CSC2=N1. The zero-order chi connectivity index (χ0) is 23.6. The number of nitrogens with zero attached hydrogens (tertiary/aromatic N) is 2.